The molecule has 1 amide bonds. The third-order valence-corrected chi connectivity index (χ3v) is 4.28. The molecule has 0 radical (unpaired) electrons. The molecule has 114 valence electrons. The van der Waals surface area contributed by atoms with Crippen molar-refractivity contribution in [3.8, 4) is 0 Å². The van der Waals surface area contributed by atoms with E-state index in [1.54, 1.807) is 0 Å². The van der Waals surface area contributed by atoms with Gasteiger partial charge in [-0.2, -0.15) is 0 Å². The quantitative estimate of drug-likeness (QED) is 0.722. The molecule has 0 bridgehead atoms. The molecule has 0 heterocycles. The molecule has 1 fully saturated rings. The minimum absolute atomic E-state index is 0.182. The number of carbonyl (C=O) groups is 1. The summed E-state index contributed by atoms with van der Waals surface area (Å²) in [5.41, 5.74) is 6.76. The van der Waals surface area contributed by atoms with Crippen LogP contribution < -0.4 is 11.1 Å². The summed E-state index contributed by atoms with van der Waals surface area (Å²) in [7, 11) is 0. The van der Waals surface area contributed by atoms with Crippen LogP contribution in [0.25, 0.3) is 0 Å². The van der Waals surface area contributed by atoms with E-state index >= 15 is 0 Å². The minimum Gasteiger partial charge on any atom is -0.393 e. The maximum Gasteiger partial charge on any atom is 0.230 e. The zero-order valence-corrected chi connectivity index (χ0v) is 12.8. The van der Waals surface area contributed by atoms with E-state index in [0.29, 0.717) is 6.42 Å². The molecule has 2 rings (SSSR count). The van der Waals surface area contributed by atoms with Gasteiger partial charge >= 0.3 is 0 Å². The number of rotatable bonds is 5. The number of nitrogens with one attached hydrogen (secondary N) is 1. The van der Waals surface area contributed by atoms with Crippen molar-refractivity contribution in [2.45, 2.75) is 44.2 Å². The molecular formula is C16H22N2O2S. The van der Waals surface area contributed by atoms with Crippen molar-refractivity contribution in [3.63, 3.8) is 0 Å². The molecule has 4 N–H and O–H groups in total. The number of thiocarbonyl (C=S) groups is 1. The molecule has 0 aromatic heterocycles. The van der Waals surface area contributed by atoms with E-state index in [9.17, 15) is 9.90 Å². The average molecular weight is 306 g/mol. The minimum atomic E-state index is -0.531. The Labute approximate surface area is 130 Å². The lowest BCUT2D eigenvalue weighted by Gasteiger charge is -2.29. The number of aliphatic hydroxyl groups is 1. The van der Waals surface area contributed by atoms with Crippen LogP contribution in [0.1, 0.15) is 31.2 Å². The van der Waals surface area contributed by atoms with Gasteiger partial charge in [-0.3, -0.25) is 4.79 Å². The van der Waals surface area contributed by atoms with Gasteiger partial charge in [-0.1, -0.05) is 55.4 Å². The molecular weight excluding hydrogens is 284 g/mol. The lowest BCUT2D eigenvalue weighted by atomic mass is 9.91. The van der Waals surface area contributed by atoms with Gasteiger partial charge in [0.25, 0.3) is 0 Å². The smallest absolute Gasteiger partial charge is 0.230 e. The number of amides is 1. The highest BCUT2D eigenvalue weighted by Crippen LogP contribution is 2.19. The Balaban J connectivity index is 2.00. The van der Waals surface area contributed by atoms with Crippen molar-refractivity contribution >= 4 is 23.1 Å². The van der Waals surface area contributed by atoms with E-state index in [1.165, 1.54) is 0 Å². The van der Waals surface area contributed by atoms with Crippen molar-refractivity contribution in [2.24, 2.45) is 11.7 Å². The second-order valence-corrected chi connectivity index (χ2v) is 6.08. The van der Waals surface area contributed by atoms with Gasteiger partial charge in [-0.15, -0.1) is 0 Å². The average Bonchev–Trinajstić information content (AvgIpc) is 2.48. The maximum atomic E-state index is 12.4. The van der Waals surface area contributed by atoms with Gasteiger partial charge in [0.2, 0.25) is 5.91 Å². The molecule has 0 saturated heterocycles. The van der Waals surface area contributed by atoms with Crippen LogP contribution in [0.3, 0.4) is 0 Å². The Bertz CT molecular complexity index is 492. The maximum absolute atomic E-state index is 12.4. The Morgan fingerprint density at radius 2 is 2.00 bits per heavy atom. The van der Waals surface area contributed by atoms with Gasteiger partial charge in [0.15, 0.2) is 0 Å². The fourth-order valence-corrected chi connectivity index (χ4v) is 2.93. The van der Waals surface area contributed by atoms with E-state index in [4.69, 9.17) is 18.0 Å². The van der Waals surface area contributed by atoms with Gasteiger partial charge in [0.05, 0.1) is 23.1 Å². The summed E-state index contributed by atoms with van der Waals surface area (Å²) < 4.78 is 0. The van der Waals surface area contributed by atoms with Crippen LogP contribution in [0.5, 0.6) is 0 Å². The molecule has 1 aromatic carbocycles. The zero-order chi connectivity index (χ0) is 15.2. The van der Waals surface area contributed by atoms with Gasteiger partial charge < -0.3 is 16.2 Å². The van der Waals surface area contributed by atoms with Crippen LogP contribution in [0.15, 0.2) is 30.3 Å². The van der Waals surface area contributed by atoms with Gasteiger partial charge in [0, 0.05) is 0 Å². The molecule has 5 heteroatoms. The second kappa shape index (κ2) is 7.52. The predicted molar refractivity (Wildman–Crippen MR) is 86.8 cm³/mol. The number of nitrogens with two attached hydrogens (primary N) is 1. The molecule has 0 aliphatic heterocycles. The fraction of sp³-hybridized carbons (Fsp3) is 0.500. The molecule has 1 aliphatic rings. The Morgan fingerprint density at radius 1 is 1.33 bits per heavy atom. The number of carbonyl (C=O) groups excluding carboxylic acids is 1. The molecule has 3 unspecified atom stereocenters. The number of hydrogen-bond donors (Lipinski definition) is 3. The standard InChI is InChI=1S/C16H22N2O2S/c17-15(21)12(10-11-6-2-1-3-7-11)16(20)18-13-8-4-5-9-14(13)19/h1-3,6-7,12-14,19H,4-5,8-10H2,(H2,17,21)(H,18,20). The van der Waals surface area contributed by atoms with Crippen LogP contribution in [-0.4, -0.2) is 28.1 Å². The first kappa shape index (κ1) is 15.9. The summed E-state index contributed by atoms with van der Waals surface area (Å²) >= 11 is 5.04. The van der Waals surface area contributed by atoms with Crippen LogP contribution in [0, 0.1) is 5.92 Å². The first-order valence-electron chi connectivity index (χ1n) is 7.39. The summed E-state index contributed by atoms with van der Waals surface area (Å²) in [6, 6.07) is 9.50. The highest BCUT2D eigenvalue weighted by Gasteiger charge is 2.28. The van der Waals surface area contributed by atoms with Gasteiger partial charge in [0.1, 0.15) is 0 Å². The van der Waals surface area contributed by atoms with E-state index in [0.717, 1.165) is 31.2 Å². The highest BCUT2D eigenvalue weighted by atomic mass is 32.1. The van der Waals surface area contributed by atoms with Gasteiger partial charge in [-0.25, -0.2) is 0 Å². The van der Waals surface area contributed by atoms with Crippen LogP contribution in [0.4, 0.5) is 0 Å². The molecule has 21 heavy (non-hydrogen) atoms. The topological polar surface area (TPSA) is 75.4 Å². The van der Waals surface area contributed by atoms with Crippen LogP contribution in [0.2, 0.25) is 0 Å². The van der Waals surface area contributed by atoms with E-state index in [1.807, 2.05) is 30.3 Å². The molecule has 4 nitrogen and oxygen atoms in total. The summed E-state index contributed by atoms with van der Waals surface area (Å²) in [4.78, 5) is 12.6. The van der Waals surface area contributed by atoms with Gasteiger partial charge in [-0.05, 0) is 24.8 Å². The van der Waals surface area contributed by atoms with Crippen molar-refractivity contribution in [1.82, 2.24) is 5.32 Å². The Kier molecular flexibility index (Phi) is 5.70. The van der Waals surface area contributed by atoms with E-state index in [2.05, 4.69) is 5.32 Å². The van der Waals surface area contributed by atoms with E-state index < -0.39 is 12.0 Å². The van der Waals surface area contributed by atoms with Crippen molar-refractivity contribution < 1.29 is 9.90 Å². The van der Waals surface area contributed by atoms with Crippen molar-refractivity contribution in [1.29, 1.82) is 0 Å². The Morgan fingerprint density at radius 3 is 2.62 bits per heavy atom. The number of aliphatic hydroxyl groups excluding tert-OH is 1. The second-order valence-electron chi connectivity index (χ2n) is 5.61. The fourth-order valence-electron chi connectivity index (χ4n) is 2.74. The number of benzene rings is 1. The number of hydrogen-bond acceptors (Lipinski definition) is 3. The lowest BCUT2D eigenvalue weighted by Crippen LogP contribution is -2.49. The largest absolute Gasteiger partial charge is 0.393 e. The first-order valence-corrected chi connectivity index (χ1v) is 7.80. The van der Waals surface area contributed by atoms with Crippen molar-refractivity contribution in [2.75, 3.05) is 0 Å². The normalized spacial score (nSPS) is 23.3. The van der Waals surface area contributed by atoms with Crippen LogP contribution >= 0.6 is 12.2 Å². The molecule has 3 atom stereocenters. The first-order chi connectivity index (χ1) is 10.1. The van der Waals surface area contributed by atoms with Crippen molar-refractivity contribution in [3.05, 3.63) is 35.9 Å². The predicted octanol–water partition coefficient (Wildman–Crippen LogP) is 1.55. The molecule has 1 aliphatic carbocycles. The third kappa shape index (κ3) is 4.51. The highest BCUT2D eigenvalue weighted by molar-refractivity contribution is 7.80. The molecule has 1 aromatic rings. The summed E-state index contributed by atoms with van der Waals surface area (Å²) in [5.74, 6) is -0.714. The van der Waals surface area contributed by atoms with Crippen LogP contribution in [-0.2, 0) is 11.2 Å². The zero-order valence-electron chi connectivity index (χ0n) is 12.0. The summed E-state index contributed by atoms with van der Waals surface area (Å²) in [6.45, 7) is 0. The monoisotopic (exact) mass is 306 g/mol. The molecule has 0 spiro atoms. The third-order valence-electron chi connectivity index (χ3n) is 4.00. The molecule has 1 saturated carbocycles. The SMILES string of the molecule is NC(=S)C(Cc1ccccc1)C(=O)NC1CCCCC1O. The lowest BCUT2D eigenvalue weighted by molar-refractivity contribution is -0.124. The van der Waals surface area contributed by atoms with E-state index in [-0.39, 0.29) is 16.9 Å². The Hall–Kier alpha value is -1.46. The summed E-state index contributed by atoms with van der Waals surface area (Å²) in [5, 5.41) is 12.9. The summed E-state index contributed by atoms with van der Waals surface area (Å²) in [6.07, 6.45) is 3.61.